The molecule has 1 nitrogen and oxygen atoms in total. The maximum atomic E-state index is 5.92. The summed E-state index contributed by atoms with van der Waals surface area (Å²) >= 11 is 1.79. The minimum atomic E-state index is 0. The third-order valence-corrected chi connectivity index (χ3v) is 3.04. The molecule has 80 valence electrons. The number of hydrogen-bond acceptors (Lipinski definition) is 2. The summed E-state index contributed by atoms with van der Waals surface area (Å²) < 4.78 is 0. The van der Waals surface area contributed by atoms with E-state index in [2.05, 4.69) is 37.4 Å². The van der Waals surface area contributed by atoms with Crippen molar-refractivity contribution in [2.75, 3.05) is 6.26 Å². The Bertz CT molecular complexity index is 265. The first kappa shape index (κ1) is 13.8. The van der Waals surface area contributed by atoms with E-state index in [0.29, 0.717) is 6.04 Å². The fourth-order valence-electron chi connectivity index (χ4n) is 1.30. The summed E-state index contributed by atoms with van der Waals surface area (Å²) in [5.74, 6) is 0. The van der Waals surface area contributed by atoms with E-state index in [1.54, 1.807) is 11.8 Å². The van der Waals surface area contributed by atoms with Crippen molar-refractivity contribution in [1.29, 1.82) is 0 Å². The molecular formula is C11H18ClNS. The molecule has 1 aromatic rings. The molecule has 0 saturated carbocycles. The van der Waals surface area contributed by atoms with E-state index in [1.165, 1.54) is 10.5 Å². The first-order valence-electron chi connectivity index (χ1n) is 4.65. The lowest BCUT2D eigenvalue weighted by atomic mass is 10.1. The fourth-order valence-corrected chi connectivity index (χ4v) is 1.93. The largest absolute Gasteiger partial charge is 0.327 e. The maximum absolute atomic E-state index is 5.92. The smallest absolute Gasteiger partial charge is 0.0102 e. The number of benzene rings is 1. The van der Waals surface area contributed by atoms with Gasteiger partial charge in [-0.3, -0.25) is 0 Å². The van der Waals surface area contributed by atoms with Crippen LogP contribution in [0.5, 0.6) is 0 Å². The Hall–Kier alpha value is -0.180. The standard InChI is InChI=1S/C11H17NS.ClH/c1-3-10(12)8-9-6-4-5-7-11(9)13-2;/h4-7,10H,3,8,12H2,1-2H3;1H. The van der Waals surface area contributed by atoms with Crippen molar-refractivity contribution in [2.24, 2.45) is 5.73 Å². The van der Waals surface area contributed by atoms with Gasteiger partial charge in [0.1, 0.15) is 0 Å². The zero-order valence-electron chi connectivity index (χ0n) is 8.69. The molecule has 1 rings (SSSR count). The van der Waals surface area contributed by atoms with Crippen LogP contribution in [0.2, 0.25) is 0 Å². The van der Waals surface area contributed by atoms with Gasteiger partial charge in [0.05, 0.1) is 0 Å². The molecule has 0 aliphatic carbocycles. The summed E-state index contributed by atoms with van der Waals surface area (Å²) in [6, 6.07) is 8.78. The molecule has 3 heteroatoms. The maximum Gasteiger partial charge on any atom is 0.0102 e. The van der Waals surface area contributed by atoms with Crippen LogP contribution in [-0.2, 0) is 6.42 Å². The van der Waals surface area contributed by atoms with Gasteiger partial charge >= 0.3 is 0 Å². The molecule has 0 aromatic heterocycles. The van der Waals surface area contributed by atoms with Crippen LogP contribution in [-0.4, -0.2) is 12.3 Å². The van der Waals surface area contributed by atoms with Crippen LogP contribution >= 0.6 is 24.2 Å². The molecule has 0 aliphatic rings. The predicted octanol–water partition coefficient (Wildman–Crippen LogP) is 3.11. The highest BCUT2D eigenvalue weighted by Crippen LogP contribution is 2.21. The van der Waals surface area contributed by atoms with Crippen LogP contribution in [0.3, 0.4) is 0 Å². The van der Waals surface area contributed by atoms with Gasteiger partial charge in [-0.2, -0.15) is 0 Å². The highest BCUT2D eigenvalue weighted by atomic mass is 35.5. The SMILES string of the molecule is CCC(N)Cc1ccccc1SC.Cl. The van der Waals surface area contributed by atoms with E-state index in [0.717, 1.165) is 12.8 Å². The first-order chi connectivity index (χ1) is 6.27. The van der Waals surface area contributed by atoms with Crippen LogP contribution in [0.1, 0.15) is 18.9 Å². The summed E-state index contributed by atoms with van der Waals surface area (Å²) in [4.78, 5) is 1.35. The fraction of sp³-hybridized carbons (Fsp3) is 0.455. The van der Waals surface area contributed by atoms with E-state index >= 15 is 0 Å². The van der Waals surface area contributed by atoms with Gasteiger partial charge in [0.15, 0.2) is 0 Å². The van der Waals surface area contributed by atoms with Crippen LogP contribution in [0.4, 0.5) is 0 Å². The van der Waals surface area contributed by atoms with E-state index in [1.807, 2.05) is 0 Å². The second-order valence-corrected chi connectivity index (χ2v) is 4.03. The molecule has 0 aliphatic heterocycles. The second-order valence-electron chi connectivity index (χ2n) is 3.18. The van der Waals surface area contributed by atoms with Crippen LogP contribution < -0.4 is 5.73 Å². The zero-order chi connectivity index (χ0) is 9.68. The number of rotatable bonds is 4. The molecule has 1 unspecified atom stereocenters. The van der Waals surface area contributed by atoms with Gasteiger partial charge in [0.25, 0.3) is 0 Å². The Kier molecular flexibility index (Phi) is 7.06. The number of thioether (sulfide) groups is 1. The van der Waals surface area contributed by atoms with Crippen molar-refractivity contribution >= 4 is 24.2 Å². The molecule has 0 spiro atoms. The quantitative estimate of drug-likeness (QED) is 0.806. The minimum absolute atomic E-state index is 0. The minimum Gasteiger partial charge on any atom is -0.327 e. The molecule has 1 atom stereocenters. The summed E-state index contributed by atoms with van der Waals surface area (Å²) in [6.45, 7) is 2.13. The van der Waals surface area contributed by atoms with Crippen LogP contribution in [0.15, 0.2) is 29.2 Å². The number of halogens is 1. The van der Waals surface area contributed by atoms with Gasteiger partial charge in [-0.15, -0.1) is 24.2 Å². The molecular weight excluding hydrogens is 214 g/mol. The Labute approximate surface area is 96.9 Å². The van der Waals surface area contributed by atoms with Gasteiger partial charge in [-0.25, -0.2) is 0 Å². The van der Waals surface area contributed by atoms with Crippen LogP contribution in [0.25, 0.3) is 0 Å². The molecule has 0 radical (unpaired) electrons. The lowest BCUT2D eigenvalue weighted by molar-refractivity contribution is 0.641. The lowest BCUT2D eigenvalue weighted by Crippen LogP contribution is -2.21. The molecule has 0 bridgehead atoms. The van der Waals surface area contributed by atoms with Crippen LogP contribution in [0, 0.1) is 0 Å². The van der Waals surface area contributed by atoms with Crippen molar-refractivity contribution in [3.05, 3.63) is 29.8 Å². The number of nitrogens with two attached hydrogens (primary N) is 1. The van der Waals surface area contributed by atoms with E-state index in [-0.39, 0.29) is 12.4 Å². The van der Waals surface area contributed by atoms with Crippen molar-refractivity contribution < 1.29 is 0 Å². The molecule has 0 amide bonds. The lowest BCUT2D eigenvalue weighted by Gasteiger charge is -2.11. The third kappa shape index (κ3) is 3.91. The molecule has 2 N–H and O–H groups in total. The summed E-state index contributed by atoms with van der Waals surface area (Å²) in [6.07, 6.45) is 4.15. The molecule has 0 heterocycles. The van der Waals surface area contributed by atoms with E-state index in [4.69, 9.17) is 5.73 Å². The van der Waals surface area contributed by atoms with E-state index < -0.39 is 0 Å². The average molecular weight is 232 g/mol. The van der Waals surface area contributed by atoms with Crippen molar-refractivity contribution in [3.8, 4) is 0 Å². The Morgan fingerprint density at radius 3 is 2.57 bits per heavy atom. The Balaban J connectivity index is 0.00000169. The van der Waals surface area contributed by atoms with Crippen molar-refractivity contribution in [2.45, 2.75) is 30.7 Å². The van der Waals surface area contributed by atoms with Gasteiger partial charge < -0.3 is 5.73 Å². The third-order valence-electron chi connectivity index (χ3n) is 2.20. The molecule has 14 heavy (non-hydrogen) atoms. The van der Waals surface area contributed by atoms with Gasteiger partial charge in [0.2, 0.25) is 0 Å². The molecule has 1 aromatic carbocycles. The second kappa shape index (κ2) is 7.16. The monoisotopic (exact) mass is 231 g/mol. The van der Waals surface area contributed by atoms with Gasteiger partial charge in [-0.1, -0.05) is 25.1 Å². The summed E-state index contributed by atoms with van der Waals surface area (Å²) in [5, 5.41) is 0. The summed E-state index contributed by atoms with van der Waals surface area (Å²) in [7, 11) is 0. The summed E-state index contributed by atoms with van der Waals surface area (Å²) in [5.41, 5.74) is 7.30. The molecule has 0 fully saturated rings. The first-order valence-corrected chi connectivity index (χ1v) is 5.87. The Morgan fingerprint density at radius 1 is 1.36 bits per heavy atom. The number of hydrogen-bond donors (Lipinski definition) is 1. The predicted molar refractivity (Wildman–Crippen MR) is 67.4 cm³/mol. The Morgan fingerprint density at radius 2 is 2.00 bits per heavy atom. The molecule has 0 saturated heterocycles. The van der Waals surface area contributed by atoms with Gasteiger partial charge in [0, 0.05) is 10.9 Å². The highest BCUT2D eigenvalue weighted by molar-refractivity contribution is 7.98. The average Bonchev–Trinajstić information content (AvgIpc) is 2.18. The van der Waals surface area contributed by atoms with Gasteiger partial charge in [-0.05, 0) is 30.7 Å². The zero-order valence-corrected chi connectivity index (χ0v) is 10.3. The van der Waals surface area contributed by atoms with Crippen molar-refractivity contribution in [3.63, 3.8) is 0 Å². The highest BCUT2D eigenvalue weighted by Gasteiger charge is 2.04. The normalized spacial score (nSPS) is 11.9. The van der Waals surface area contributed by atoms with E-state index in [9.17, 15) is 0 Å². The topological polar surface area (TPSA) is 26.0 Å². The van der Waals surface area contributed by atoms with Crippen molar-refractivity contribution in [1.82, 2.24) is 0 Å².